The second kappa shape index (κ2) is 7.38. The maximum absolute atomic E-state index is 13.0. The molecule has 0 saturated carbocycles. The Kier molecular flexibility index (Phi) is 6.08. The highest BCUT2D eigenvalue weighted by Gasteiger charge is 2.10. The minimum atomic E-state index is -0.273. The number of halogens is 5. The van der Waals surface area contributed by atoms with Crippen molar-refractivity contribution >= 4 is 63.7 Å². The third-order valence-electron chi connectivity index (χ3n) is 2.60. The standard InChI is InChI=1S/C14H9Br4FO/c15-6-8-3-12(17)14(13(18)4-8)20-7-9-1-2-10(19)5-11(9)16/h1-5H,6-7H2. The van der Waals surface area contributed by atoms with Crippen LogP contribution in [0.15, 0.2) is 43.7 Å². The molecule has 0 bridgehead atoms. The summed E-state index contributed by atoms with van der Waals surface area (Å²) in [6.07, 6.45) is 0. The van der Waals surface area contributed by atoms with E-state index in [0.29, 0.717) is 11.1 Å². The predicted molar refractivity (Wildman–Crippen MR) is 92.9 cm³/mol. The van der Waals surface area contributed by atoms with Crippen LogP contribution < -0.4 is 4.74 Å². The van der Waals surface area contributed by atoms with Gasteiger partial charge in [-0.2, -0.15) is 0 Å². The van der Waals surface area contributed by atoms with Gasteiger partial charge in [-0.25, -0.2) is 4.39 Å². The topological polar surface area (TPSA) is 9.23 Å². The molecule has 0 unspecified atom stereocenters. The molecule has 0 N–H and O–H groups in total. The Labute approximate surface area is 150 Å². The van der Waals surface area contributed by atoms with Gasteiger partial charge in [0.15, 0.2) is 0 Å². The zero-order chi connectivity index (χ0) is 14.7. The van der Waals surface area contributed by atoms with E-state index in [-0.39, 0.29) is 5.82 Å². The van der Waals surface area contributed by atoms with Crippen molar-refractivity contribution in [2.45, 2.75) is 11.9 Å². The fraction of sp³-hybridized carbons (Fsp3) is 0.143. The Morgan fingerprint density at radius 1 is 0.950 bits per heavy atom. The summed E-state index contributed by atoms with van der Waals surface area (Å²) in [5.41, 5.74) is 2.02. The normalized spacial score (nSPS) is 10.7. The van der Waals surface area contributed by atoms with Gasteiger partial charge in [-0.3, -0.25) is 0 Å². The highest BCUT2D eigenvalue weighted by atomic mass is 79.9. The number of rotatable bonds is 4. The molecule has 0 fully saturated rings. The van der Waals surface area contributed by atoms with Gasteiger partial charge in [0.1, 0.15) is 18.2 Å². The van der Waals surface area contributed by atoms with E-state index in [1.807, 2.05) is 12.1 Å². The van der Waals surface area contributed by atoms with Crippen LogP contribution in [-0.4, -0.2) is 0 Å². The number of ether oxygens (including phenoxy) is 1. The van der Waals surface area contributed by atoms with Gasteiger partial charge in [-0.15, -0.1) is 0 Å². The van der Waals surface area contributed by atoms with Crippen LogP contribution in [0.2, 0.25) is 0 Å². The first-order chi connectivity index (χ1) is 9.51. The second-order valence-corrected chi connectivity index (χ2v) is 7.17. The molecule has 1 nitrogen and oxygen atoms in total. The van der Waals surface area contributed by atoms with Gasteiger partial charge >= 0.3 is 0 Å². The van der Waals surface area contributed by atoms with Crippen LogP contribution in [-0.2, 0) is 11.9 Å². The van der Waals surface area contributed by atoms with Gasteiger partial charge in [0.2, 0.25) is 0 Å². The lowest BCUT2D eigenvalue weighted by Gasteiger charge is -2.12. The molecule has 0 amide bonds. The molecule has 6 heteroatoms. The van der Waals surface area contributed by atoms with Gasteiger partial charge in [0, 0.05) is 15.4 Å². The third kappa shape index (κ3) is 4.06. The zero-order valence-electron chi connectivity index (χ0n) is 10.1. The zero-order valence-corrected chi connectivity index (χ0v) is 16.4. The third-order valence-corrected chi connectivity index (χ3v) is 5.16. The van der Waals surface area contributed by atoms with E-state index in [1.165, 1.54) is 12.1 Å². The van der Waals surface area contributed by atoms with Crippen LogP contribution in [0.5, 0.6) is 5.75 Å². The lowest BCUT2D eigenvalue weighted by molar-refractivity contribution is 0.301. The lowest BCUT2D eigenvalue weighted by atomic mass is 10.2. The quantitative estimate of drug-likeness (QED) is 0.405. The first-order valence-electron chi connectivity index (χ1n) is 5.62. The van der Waals surface area contributed by atoms with Crippen LogP contribution in [0, 0.1) is 5.82 Å². The summed E-state index contributed by atoms with van der Waals surface area (Å²) in [6.45, 7) is 0.353. The van der Waals surface area contributed by atoms with Gasteiger partial charge in [0.05, 0.1) is 8.95 Å². The van der Waals surface area contributed by atoms with Crippen molar-refractivity contribution < 1.29 is 9.13 Å². The molecular formula is C14H9Br4FO. The van der Waals surface area contributed by atoms with Crippen LogP contribution in [0.25, 0.3) is 0 Å². The molecule has 106 valence electrons. The molecule has 2 rings (SSSR count). The fourth-order valence-corrected chi connectivity index (χ4v) is 3.92. The molecule has 0 aliphatic carbocycles. The summed E-state index contributed by atoms with van der Waals surface area (Å²) in [5.74, 6) is 0.454. The fourth-order valence-electron chi connectivity index (χ4n) is 1.62. The van der Waals surface area contributed by atoms with Gasteiger partial charge < -0.3 is 4.74 Å². The van der Waals surface area contributed by atoms with Gasteiger partial charge in [0.25, 0.3) is 0 Å². The largest absolute Gasteiger partial charge is 0.486 e. The molecule has 0 aromatic heterocycles. The number of alkyl halides is 1. The van der Waals surface area contributed by atoms with Crippen LogP contribution in [0.1, 0.15) is 11.1 Å². The van der Waals surface area contributed by atoms with E-state index in [0.717, 1.165) is 31.2 Å². The van der Waals surface area contributed by atoms with Gasteiger partial charge in [-0.1, -0.05) is 37.9 Å². The molecule has 0 saturated heterocycles. The lowest BCUT2D eigenvalue weighted by Crippen LogP contribution is -1.99. The van der Waals surface area contributed by atoms with E-state index in [9.17, 15) is 4.39 Å². The Bertz CT molecular complexity index is 608. The average molecular weight is 532 g/mol. The molecule has 2 aromatic rings. The first-order valence-corrected chi connectivity index (χ1v) is 9.12. The molecule has 0 radical (unpaired) electrons. The summed E-state index contributed by atoms with van der Waals surface area (Å²) < 4.78 is 21.3. The summed E-state index contributed by atoms with van der Waals surface area (Å²) >= 11 is 13.7. The number of hydrogen-bond acceptors (Lipinski definition) is 1. The molecule has 0 heterocycles. The summed E-state index contributed by atoms with van der Waals surface area (Å²) in [7, 11) is 0. The van der Waals surface area contributed by atoms with E-state index in [2.05, 4.69) is 63.7 Å². The summed E-state index contributed by atoms with van der Waals surface area (Å²) in [6, 6.07) is 8.54. The first kappa shape index (κ1) is 16.5. The minimum absolute atomic E-state index is 0.273. The van der Waals surface area contributed by atoms with E-state index in [4.69, 9.17) is 4.74 Å². The summed E-state index contributed by atoms with van der Waals surface area (Å²) in [5, 5.41) is 0.772. The maximum atomic E-state index is 13.0. The molecule has 0 atom stereocenters. The minimum Gasteiger partial charge on any atom is -0.486 e. The van der Waals surface area contributed by atoms with E-state index < -0.39 is 0 Å². The highest BCUT2D eigenvalue weighted by molar-refractivity contribution is 9.11. The van der Waals surface area contributed by atoms with E-state index >= 15 is 0 Å². The monoisotopic (exact) mass is 528 g/mol. The van der Waals surface area contributed by atoms with Gasteiger partial charge in [-0.05, 0) is 61.7 Å². The van der Waals surface area contributed by atoms with Crippen LogP contribution >= 0.6 is 63.7 Å². The van der Waals surface area contributed by atoms with Crippen LogP contribution in [0.3, 0.4) is 0 Å². The molecule has 0 aliphatic rings. The smallest absolute Gasteiger partial charge is 0.148 e. The summed E-state index contributed by atoms with van der Waals surface area (Å²) in [4.78, 5) is 0. The van der Waals surface area contributed by atoms with Crippen LogP contribution in [0.4, 0.5) is 4.39 Å². The highest BCUT2D eigenvalue weighted by Crippen LogP contribution is 2.36. The molecule has 0 aliphatic heterocycles. The Balaban J connectivity index is 2.19. The second-order valence-electron chi connectivity index (χ2n) is 4.05. The Morgan fingerprint density at radius 2 is 1.60 bits per heavy atom. The van der Waals surface area contributed by atoms with Crippen molar-refractivity contribution in [3.05, 3.63) is 60.7 Å². The average Bonchev–Trinajstić information content (AvgIpc) is 2.39. The van der Waals surface area contributed by atoms with Crippen molar-refractivity contribution in [3.8, 4) is 5.75 Å². The number of hydrogen-bond donors (Lipinski definition) is 0. The Hall–Kier alpha value is 0.0900. The molecule has 0 spiro atoms. The molecule has 20 heavy (non-hydrogen) atoms. The van der Waals surface area contributed by atoms with Crippen molar-refractivity contribution in [2.24, 2.45) is 0 Å². The van der Waals surface area contributed by atoms with Crippen molar-refractivity contribution in [1.29, 1.82) is 0 Å². The molecular weight excluding hydrogens is 523 g/mol. The molecule has 2 aromatic carbocycles. The SMILES string of the molecule is Fc1ccc(COc2c(Br)cc(CBr)cc2Br)c(Br)c1. The van der Waals surface area contributed by atoms with Crippen molar-refractivity contribution in [3.63, 3.8) is 0 Å². The number of benzene rings is 2. The predicted octanol–water partition coefficient (Wildman–Crippen LogP) is 6.59. The van der Waals surface area contributed by atoms with Crippen molar-refractivity contribution in [1.82, 2.24) is 0 Å². The van der Waals surface area contributed by atoms with Crippen molar-refractivity contribution in [2.75, 3.05) is 0 Å². The van der Waals surface area contributed by atoms with E-state index in [1.54, 1.807) is 6.07 Å². The Morgan fingerprint density at radius 3 is 2.15 bits per heavy atom. The maximum Gasteiger partial charge on any atom is 0.148 e.